The SMILES string of the molecule is C#CCSc1nc(C)nc2scc(-c3ccc(CC)cc3)c12. The van der Waals surface area contributed by atoms with Gasteiger partial charge in [-0.3, -0.25) is 0 Å². The monoisotopic (exact) mass is 324 g/mol. The minimum Gasteiger partial charge on any atom is -0.226 e. The molecular formula is C18H16N2S2. The van der Waals surface area contributed by atoms with Crippen LogP contribution in [0.3, 0.4) is 0 Å². The van der Waals surface area contributed by atoms with Crippen molar-refractivity contribution in [1.29, 1.82) is 0 Å². The van der Waals surface area contributed by atoms with Crippen LogP contribution in [0.4, 0.5) is 0 Å². The fourth-order valence-corrected chi connectivity index (χ4v) is 4.18. The van der Waals surface area contributed by atoms with Gasteiger partial charge in [-0.1, -0.05) is 48.9 Å². The lowest BCUT2D eigenvalue weighted by Gasteiger charge is -2.06. The Morgan fingerprint density at radius 2 is 2.00 bits per heavy atom. The van der Waals surface area contributed by atoms with E-state index in [0.29, 0.717) is 5.75 Å². The average molecular weight is 324 g/mol. The molecule has 0 N–H and O–H groups in total. The Morgan fingerprint density at radius 3 is 2.68 bits per heavy atom. The van der Waals surface area contributed by atoms with E-state index in [9.17, 15) is 0 Å². The van der Waals surface area contributed by atoms with Crippen LogP contribution in [0, 0.1) is 19.3 Å². The third-order valence-corrected chi connectivity index (χ3v) is 5.23. The topological polar surface area (TPSA) is 25.8 Å². The summed E-state index contributed by atoms with van der Waals surface area (Å²) in [6.07, 6.45) is 6.46. The van der Waals surface area contributed by atoms with Crippen molar-refractivity contribution in [3.63, 3.8) is 0 Å². The van der Waals surface area contributed by atoms with E-state index < -0.39 is 0 Å². The van der Waals surface area contributed by atoms with Crippen LogP contribution in [-0.2, 0) is 6.42 Å². The zero-order chi connectivity index (χ0) is 15.5. The zero-order valence-electron chi connectivity index (χ0n) is 12.6. The minimum absolute atomic E-state index is 0.621. The molecule has 0 bridgehead atoms. The molecule has 0 aliphatic heterocycles. The summed E-state index contributed by atoms with van der Waals surface area (Å²) in [5, 5.41) is 4.27. The van der Waals surface area contributed by atoms with Crippen molar-refractivity contribution >= 4 is 33.3 Å². The largest absolute Gasteiger partial charge is 0.226 e. The lowest BCUT2D eigenvalue weighted by molar-refractivity contribution is 1.02. The van der Waals surface area contributed by atoms with Gasteiger partial charge in [0, 0.05) is 10.9 Å². The van der Waals surface area contributed by atoms with Crippen molar-refractivity contribution in [2.75, 3.05) is 5.75 Å². The standard InChI is InChI=1S/C18H16N2S2/c1-4-10-21-17-16-15(11-22-18(16)20-12(3)19-17)14-8-6-13(5-2)7-9-14/h1,6-9,11H,5,10H2,2-3H3. The second-order valence-electron chi connectivity index (χ2n) is 4.95. The number of hydrogen-bond acceptors (Lipinski definition) is 4. The molecule has 22 heavy (non-hydrogen) atoms. The normalized spacial score (nSPS) is 10.8. The second-order valence-corrected chi connectivity index (χ2v) is 6.77. The number of terminal acetylenes is 1. The van der Waals surface area contributed by atoms with E-state index in [2.05, 4.69) is 52.5 Å². The van der Waals surface area contributed by atoms with Gasteiger partial charge in [-0.25, -0.2) is 9.97 Å². The van der Waals surface area contributed by atoms with Crippen molar-refractivity contribution in [3.8, 4) is 23.5 Å². The van der Waals surface area contributed by atoms with Crippen LogP contribution in [0.5, 0.6) is 0 Å². The first-order chi connectivity index (χ1) is 10.7. The highest BCUT2D eigenvalue weighted by Crippen LogP contribution is 2.38. The smallest absolute Gasteiger partial charge is 0.128 e. The van der Waals surface area contributed by atoms with Crippen LogP contribution in [0.15, 0.2) is 34.7 Å². The fourth-order valence-electron chi connectivity index (χ4n) is 2.36. The Morgan fingerprint density at radius 1 is 1.23 bits per heavy atom. The van der Waals surface area contributed by atoms with Gasteiger partial charge in [0.05, 0.1) is 11.1 Å². The first-order valence-electron chi connectivity index (χ1n) is 7.14. The van der Waals surface area contributed by atoms with Crippen molar-refractivity contribution in [3.05, 3.63) is 41.0 Å². The number of thiophene rings is 1. The molecule has 4 heteroatoms. The third kappa shape index (κ3) is 2.87. The molecule has 2 heterocycles. The van der Waals surface area contributed by atoms with E-state index in [0.717, 1.165) is 27.5 Å². The summed E-state index contributed by atoms with van der Waals surface area (Å²) >= 11 is 3.27. The van der Waals surface area contributed by atoms with Gasteiger partial charge in [0.25, 0.3) is 0 Å². The van der Waals surface area contributed by atoms with Gasteiger partial charge in [0.2, 0.25) is 0 Å². The second kappa shape index (κ2) is 6.51. The van der Waals surface area contributed by atoms with Crippen LogP contribution in [0.1, 0.15) is 18.3 Å². The van der Waals surface area contributed by atoms with E-state index in [-0.39, 0.29) is 0 Å². The zero-order valence-corrected chi connectivity index (χ0v) is 14.2. The molecule has 0 fully saturated rings. The molecule has 3 rings (SSSR count). The molecule has 0 radical (unpaired) electrons. The highest BCUT2D eigenvalue weighted by molar-refractivity contribution is 7.99. The van der Waals surface area contributed by atoms with Crippen LogP contribution >= 0.6 is 23.1 Å². The number of nitrogens with zero attached hydrogens (tertiary/aromatic N) is 2. The van der Waals surface area contributed by atoms with Crippen LogP contribution in [-0.4, -0.2) is 15.7 Å². The van der Waals surface area contributed by atoms with E-state index in [1.54, 1.807) is 23.1 Å². The number of rotatable bonds is 4. The first-order valence-corrected chi connectivity index (χ1v) is 9.01. The summed E-state index contributed by atoms with van der Waals surface area (Å²) in [6, 6.07) is 8.72. The Hall–Kier alpha value is -1.83. The number of hydrogen-bond donors (Lipinski definition) is 0. The Kier molecular flexibility index (Phi) is 4.47. The molecule has 0 aliphatic carbocycles. The maximum Gasteiger partial charge on any atom is 0.128 e. The number of aromatic nitrogens is 2. The molecule has 2 aromatic heterocycles. The Balaban J connectivity index is 2.15. The number of benzene rings is 1. The van der Waals surface area contributed by atoms with E-state index in [4.69, 9.17) is 6.42 Å². The fraction of sp³-hybridized carbons (Fsp3) is 0.222. The molecule has 3 aromatic rings. The highest BCUT2D eigenvalue weighted by atomic mass is 32.2. The summed E-state index contributed by atoms with van der Waals surface area (Å²) in [7, 11) is 0. The lowest BCUT2D eigenvalue weighted by atomic mass is 10.0. The van der Waals surface area contributed by atoms with Gasteiger partial charge >= 0.3 is 0 Å². The number of aryl methyl sites for hydroxylation is 2. The van der Waals surface area contributed by atoms with Gasteiger partial charge in [-0.15, -0.1) is 17.8 Å². The van der Waals surface area contributed by atoms with Crippen molar-refractivity contribution in [2.24, 2.45) is 0 Å². The molecule has 0 aliphatic rings. The predicted octanol–water partition coefficient (Wildman–Crippen LogP) is 4.95. The molecule has 110 valence electrons. The summed E-state index contributed by atoms with van der Waals surface area (Å²) in [5.74, 6) is 4.09. The molecule has 0 amide bonds. The van der Waals surface area contributed by atoms with E-state index in [1.807, 2.05) is 6.92 Å². The third-order valence-electron chi connectivity index (χ3n) is 3.48. The molecule has 0 unspecified atom stereocenters. The van der Waals surface area contributed by atoms with Crippen LogP contribution in [0.25, 0.3) is 21.3 Å². The molecule has 2 nitrogen and oxygen atoms in total. The summed E-state index contributed by atoms with van der Waals surface area (Å²) in [6.45, 7) is 4.09. The van der Waals surface area contributed by atoms with Gasteiger partial charge in [0.1, 0.15) is 15.7 Å². The van der Waals surface area contributed by atoms with Gasteiger partial charge in [-0.05, 0) is 24.5 Å². The maximum absolute atomic E-state index is 5.40. The van der Waals surface area contributed by atoms with E-state index in [1.165, 1.54) is 16.7 Å². The van der Waals surface area contributed by atoms with Gasteiger partial charge < -0.3 is 0 Å². The number of thioether (sulfide) groups is 1. The maximum atomic E-state index is 5.40. The Bertz CT molecular complexity index is 842. The Labute approximate surface area is 139 Å². The molecule has 0 spiro atoms. The molecule has 0 saturated heterocycles. The molecule has 1 aromatic carbocycles. The molecular weight excluding hydrogens is 308 g/mol. The van der Waals surface area contributed by atoms with Crippen LogP contribution in [0.2, 0.25) is 0 Å². The summed E-state index contributed by atoms with van der Waals surface area (Å²) < 4.78 is 0. The summed E-state index contributed by atoms with van der Waals surface area (Å²) in [5.41, 5.74) is 3.75. The summed E-state index contributed by atoms with van der Waals surface area (Å²) in [4.78, 5) is 10.2. The van der Waals surface area contributed by atoms with Gasteiger partial charge in [-0.2, -0.15) is 0 Å². The average Bonchev–Trinajstić information content (AvgIpc) is 2.96. The quantitative estimate of drug-likeness (QED) is 0.385. The van der Waals surface area contributed by atoms with Gasteiger partial charge in [0.15, 0.2) is 0 Å². The highest BCUT2D eigenvalue weighted by Gasteiger charge is 2.14. The van der Waals surface area contributed by atoms with E-state index >= 15 is 0 Å². The van der Waals surface area contributed by atoms with Crippen LogP contribution < -0.4 is 0 Å². The first kappa shape index (κ1) is 15.1. The van der Waals surface area contributed by atoms with Crippen molar-refractivity contribution in [2.45, 2.75) is 25.3 Å². The van der Waals surface area contributed by atoms with Crippen molar-refractivity contribution in [1.82, 2.24) is 9.97 Å². The van der Waals surface area contributed by atoms with Crippen molar-refractivity contribution < 1.29 is 0 Å². The molecule has 0 atom stereocenters. The molecule has 0 saturated carbocycles. The predicted molar refractivity (Wildman–Crippen MR) is 96.5 cm³/mol. The lowest BCUT2D eigenvalue weighted by Crippen LogP contribution is -1.92. The number of fused-ring (bicyclic) bond motifs is 1. The minimum atomic E-state index is 0.621.